The predicted molar refractivity (Wildman–Crippen MR) is 145 cm³/mol. The molecule has 2 aliphatic rings. The second kappa shape index (κ2) is 12.0. The molecule has 2 aromatic rings. The van der Waals surface area contributed by atoms with Crippen molar-refractivity contribution >= 4 is 23.7 Å². The predicted octanol–water partition coefficient (Wildman–Crippen LogP) is 6.57. The Balaban J connectivity index is 1.80. The topological polar surface area (TPSA) is 74.3 Å². The SMILES string of the molecule is CCOC(=O)[C@H]1[C@H](C(C)(C)C)[C@@H](OCc2cc(Cl)ccc2OC)[C@@H](c2ccccc2)N1C(=O)OC1CCC1. The number of hydrogen-bond acceptors (Lipinski definition) is 6. The average Bonchev–Trinajstić information content (AvgIpc) is 3.21. The molecule has 206 valence electrons. The molecule has 38 heavy (non-hydrogen) atoms. The van der Waals surface area contributed by atoms with Crippen LogP contribution in [0, 0.1) is 11.3 Å². The number of benzene rings is 2. The molecule has 0 unspecified atom stereocenters. The van der Waals surface area contributed by atoms with Gasteiger partial charge in [-0.15, -0.1) is 0 Å². The first-order chi connectivity index (χ1) is 18.2. The molecule has 7 nitrogen and oxygen atoms in total. The molecule has 1 amide bonds. The molecule has 2 fully saturated rings. The number of carbonyl (C=O) groups is 2. The number of nitrogens with zero attached hydrogens (tertiary/aromatic N) is 1. The molecular weight excluding hydrogens is 506 g/mol. The van der Waals surface area contributed by atoms with Crippen molar-refractivity contribution in [3.05, 3.63) is 64.7 Å². The zero-order valence-electron chi connectivity index (χ0n) is 22.8. The third-order valence-electron chi connectivity index (χ3n) is 7.48. The minimum absolute atomic E-state index is 0.134. The van der Waals surface area contributed by atoms with Gasteiger partial charge in [0.05, 0.1) is 32.5 Å². The fourth-order valence-corrected chi connectivity index (χ4v) is 5.69. The molecule has 1 aliphatic heterocycles. The number of rotatable bonds is 8. The van der Waals surface area contributed by atoms with Gasteiger partial charge in [-0.3, -0.25) is 4.90 Å². The van der Waals surface area contributed by atoms with E-state index in [1.54, 1.807) is 31.1 Å². The number of likely N-dealkylation sites (tertiary alicyclic amines) is 1. The van der Waals surface area contributed by atoms with Crippen LogP contribution in [0.4, 0.5) is 4.79 Å². The molecule has 0 radical (unpaired) electrons. The standard InChI is InChI=1S/C30H38ClNO6/c1-6-36-28(33)26-24(30(2,3)4)27(37-18-20-17-21(31)15-16-23(20)35-5)25(19-11-8-7-9-12-19)32(26)29(34)38-22-13-10-14-22/h7-9,11-12,15-17,22,24-27H,6,10,13-14,18H2,1-5H3/t24-,25+,26+,27+/m0/s1. The summed E-state index contributed by atoms with van der Waals surface area (Å²) in [4.78, 5) is 28.9. The lowest BCUT2D eigenvalue weighted by Gasteiger charge is -2.35. The summed E-state index contributed by atoms with van der Waals surface area (Å²) in [5.41, 5.74) is 1.23. The molecule has 4 atom stereocenters. The van der Waals surface area contributed by atoms with Crippen LogP contribution in [0.15, 0.2) is 48.5 Å². The second-order valence-corrected chi connectivity index (χ2v) is 11.5. The van der Waals surface area contributed by atoms with E-state index in [4.69, 9.17) is 30.5 Å². The molecule has 8 heteroatoms. The Labute approximate surface area is 230 Å². The summed E-state index contributed by atoms with van der Waals surface area (Å²) >= 11 is 6.29. The highest BCUT2D eigenvalue weighted by molar-refractivity contribution is 6.30. The van der Waals surface area contributed by atoms with E-state index in [9.17, 15) is 9.59 Å². The molecular formula is C30H38ClNO6. The summed E-state index contributed by atoms with van der Waals surface area (Å²) in [6, 6.07) is 13.6. The normalized spacial score (nSPS) is 23.6. The number of ether oxygens (including phenoxy) is 4. The van der Waals surface area contributed by atoms with Crippen molar-refractivity contribution in [2.24, 2.45) is 11.3 Å². The number of carbonyl (C=O) groups excluding carboxylic acids is 2. The Bertz CT molecular complexity index is 1110. The van der Waals surface area contributed by atoms with Crippen molar-refractivity contribution in [2.45, 2.75) is 77.9 Å². The summed E-state index contributed by atoms with van der Waals surface area (Å²) in [7, 11) is 1.60. The molecule has 2 aromatic carbocycles. The third-order valence-corrected chi connectivity index (χ3v) is 7.71. The molecule has 0 bridgehead atoms. The lowest BCUT2D eigenvalue weighted by Crippen LogP contribution is -2.49. The smallest absolute Gasteiger partial charge is 0.411 e. The monoisotopic (exact) mass is 543 g/mol. The van der Waals surface area contributed by atoms with Crippen LogP contribution >= 0.6 is 11.6 Å². The van der Waals surface area contributed by atoms with Gasteiger partial charge in [0.2, 0.25) is 0 Å². The zero-order valence-corrected chi connectivity index (χ0v) is 23.6. The Morgan fingerprint density at radius 2 is 1.79 bits per heavy atom. The van der Waals surface area contributed by atoms with E-state index in [1.807, 2.05) is 36.4 Å². The van der Waals surface area contributed by atoms with Gasteiger partial charge in [-0.05, 0) is 55.4 Å². The van der Waals surface area contributed by atoms with E-state index in [0.29, 0.717) is 10.8 Å². The van der Waals surface area contributed by atoms with Crippen LogP contribution < -0.4 is 4.74 Å². The summed E-state index contributed by atoms with van der Waals surface area (Å²) in [5.74, 6) is -0.185. The van der Waals surface area contributed by atoms with Crippen LogP contribution in [0.1, 0.15) is 64.1 Å². The van der Waals surface area contributed by atoms with Gasteiger partial charge in [0.1, 0.15) is 17.9 Å². The Morgan fingerprint density at radius 3 is 2.37 bits per heavy atom. The van der Waals surface area contributed by atoms with E-state index in [2.05, 4.69) is 20.8 Å². The van der Waals surface area contributed by atoms with Gasteiger partial charge in [-0.1, -0.05) is 62.7 Å². The molecule has 1 aliphatic carbocycles. The molecule has 0 aromatic heterocycles. The first kappa shape index (κ1) is 28.2. The number of halogens is 1. The fraction of sp³-hybridized carbons (Fsp3) is 0.533. The van der Waals surface area contributed by atoms with E-state index >= 15 is 0 Å². The van der Waals surface area contributed by atoms with E-state index < -0.39 is 35.7 Å². The number of amides is 1. The van der Waals surface area contributed by atoms with Crippen molar-refractivity contribution in [2.75, 3.05) is 13.7 Å². The van der Waals surface area contributed by atoms with Crippen molar-refractivity contribution < 1.29 is 28.5 Å². The van der Waals surface area contributed by atoms with Crippen molar-refractivity contribution in [3.63, 3.8) is 0 Å². The van der Waals surface area contributed by atoms with Gasteiger partial charge < -0.3 is 18.9 Å². The molecule has 1 saturated carbocycles. The number of methoxy groups -OCH3 is 1. The minimum Gasteiger partial charge on any atom is -0.496 e. The highest BCUT2D eigenvalue weighted by Gasteiger charge is 2.60. The van der Waals surface area contributed by atoms with Crippen LogP contribution in [0.5, 0.6) is 5.75 Å². The van der Waals surface area contributed by atoms with Crippen molar-refractivity contribution in [3.8, 4) is 5.75 Å². The highest BCUT2D eigenvalue weighted by Crippen LogP contribution is 2.50. The van der Waals surface area contributed by atoms with Crippen molar-refractivity contribution in [1.82, 2.24) is 4.90 Å². The molecule has 1 heterocycles. The van der Waals surface area contributed by atoms with E-state index in [0.717, 1.165) is 30.4 Å². The lowest BCUT2D eigenvalue weighted by atomic mass is 9.73. The maximum Gasteiger partial charge on any atom is 0.411 e. The molecule has 0 N–H and O–H groups in total. The number of esters is 1. The molecule has 0 spiro atoms. The molecule has 4 rings (SSSR count). The zero-order chi connectivity index (χ0) is 27.4. The van der Waals surface area contributed by atoms with Gasteiger partial charge in [0.25, 0.3) is 0 Å². The quantitative estimate of drug-likeness (QED) is 0.350. The summed E-state index contributed by atoms with van der Waals surface area (Å²) in [6.07, 6.45) is 1.50. The van der Waals surface area contributed by atoms with Gasteiger partial charge in [-0.2, -0.15) is 0 Å². The fourth-order valence-electron chi connectivity index (χ4n) is 5.50. The van der Waals surface area contributed by atoms with E-state index in [1.165, 1.54) is 0 Å². The molecule has 1 saturated heterocycles. The lowest BCUT2D eigenvalue weighted by molar-refractivity contribution is -0.152. The minimum atomic E-state index is -0.876. The largest absolute Gasteiger partial charge is 0.496 e. The Hall–Kier alpha value is -2.77. The average molecular weight is 544 g/mol. The van der Waals surface area contributed by atoms with E-state index in [-0.39, 0.29) is 25.2 Å². The first-order valence-electron chi connectivity index (χ1n) is 13.3. The van der Waals surface area contributed by atoms with Crippen LogP contribution in [-0.4, -0.2) is 48.9 Å². The van der Waals surface area contributed by atoms with Gasteiger partial charge in [-0.25, -0.2) is 9.59 Å². The summed E-state index contributed by atoms with van der Waals surface area (Å²) in [6.45, 7) is 8.34. The first-order valence-corrected chi connectivity index (χ1v) is 13.7. The Morgan fingerprint density at radius 1 is 1.08 bits per heavy atom. The van der Waals surface area contributed by atoms with Gasteiger partial charge in [0.15, 0.2) is 0 Å². The van der Waals surface area contributed by atoms with Crippen LogP contribution in [0.3, 0.4) is 0 Å². The van der Waals surface area contributed by atoms with Crippen molar-refractivity contribution in [1.29, 1.82) is 0 Å². The van der Waals surface area contributed by atoms with Crippen LogP contribution in [0.2, 0.25) is 5.02 Å². The maximum absolute atomic E-state index is 13.8. The van der Waals surface area contributed by atoms with Gasteiger partial charge in [0, 0.05) is 16.5 Å². The van der Waals surface area contributed by atoms with Crippen LogP contribution in [-0.2, 0) is 25.6 Å². The highest BCUT2D eigenvalue weighted by atomic mass is 35.5. The van der Waals surface area contributed by atoms with Crippen LogP contribution in [0.25, 0.3) is 0 Å². The Kier molecular flexibility index (Phi) is 8.89. The third kappa shape index (κ3) is 5.94. The second-order valence-electron chi connectivity index (χ2n) is 11.0. The maximum atomic E-state index is 13.8. The summed E-state index contributed by atoms with van der Waals surface area (Å²) < 4.78 is 23.7. The number of hydrogen-bond donors (Lipinski definition) is 0. The summed E-state index contributed by atoms with van der Waals surface area (Å²) in [5, 5.41) is 0.568. The van der Waals surface area contributed by atoms with Gasteiger partial charge >= 0.3 is 12.1 Å².